The van der Waals surface area contributed by atoms with Crippen LogP contribution in [-0.4, -0.2) is 17.8 Å². The molecular formula is C11H22O2S. The van der Waals surface area contributed by atoms with Crippen molar-refractivity contribution < 1.29 is 9.53 Å². The molecule has 2 nitrogen and oxygen atoms in total. The second-order valence-corrected chi connectivity index (χ2v) is 4.07. The van der Waals surface area contributed by atoms with Gasteiger partial charge in [-0.15, -0.1) is 0 Å². The van der Waals surface area contributed by atoms with Crippen molar-refractivity contribution >= 4 is 18.6 Å². The molecule has 0 bridgehead atoms. The van der Waals surface area contributed by atoms with Crippen molar-refractivity contribution in [1.29, 1.82) is 0 Å². The third kappa shape index (κ3) is 8.42. The molecule has 0 saturated carbocycles. The largest absolute Gasteiger partial charge is 0.463 e. The normalized spacial score (nSPS) is 12.5. The maximum atomic E-state index is 11.1. The molecule has 1 atom stereocenters. The van der Waals surface area contributed by atoms with Gasteiger partial charge in [0, 0.05) is 5.75 Å². The van der Waals surface area contributed by atoms with E-state index in [2.05, 4.69) is 19.6 Å². The number of carbonyl (C=O) groups is 1. The predicted molar refractivity (Wildman–Crippen MR) is 62.8 cm³/mol. The van der Waals surface area contributed by atoms with Crippen LogP contribution in [0.1, 0.15) is 52.4 Å². The Balaban J connectivity index is 3.35. The van der Waals surface area contributed by atoms with Crippen LogP contribution >= 0.6 is 12.6 Å². The minimum absolute atomic E-state index is 0.0687. The van der Waals surface area contributed by atoms with Crippen LogP contribution in [0.2, 0.25) is 0 Å². The highest BCUT2D eigenvalue weighted by Gasteiger charge is 2.07. The highest BCUT2D eigenvalue weighted by atomic mass is 32.1. The van der Waals surface area contributed by atoms with Crippen LogP contribution in [-0.2, 0) is 9.53 Å². The van der Waals surface area contributed by atoms with Crippen molar-refractivity contribution in [1.82, 2.24) is 0 Å². The quantitative estimate of drug-likeness (QED) is 0.385. The average molecular weight is 218 g/mol. The molecule has 0 aromatic carbocycles. The van der Waals surface area contributed by atoms with Gasteiger partial charge in [-0.05, 0) is 19.8 Å². The Hall–Kier alpha value is -0.180. The fourth-order valence-corrected chi connectivity index (χ4v) is 1.47. The Morgan fingerprint density at radius 1 is 1.36 bits per heavy atom. The first-order valence-corrected chi connectivity index (χ1v) is 6.14. The van der Waals surface area contributed by atoms with Crippen LogP contribution in [0.4, 0.5) is 0 Å². The molecule has 0 aliphatic rings. The van der Waals surface area contributed by atoms with Gasteiger partial charge in [0.2, 0.25) is 0 Å². The van der Waals surface area contributed by atoms with Gasteiger partial charge in [0.25, 0.3) is 0 Å². The van der Waals surface area contributed by atoms with E-state index in [0.717, 1.165) is 12.8 Å². The molecule has 0 aliphatic heterocycles. The molecule has 0 radical (unpaired) electrons. The van der Waals surface area contributed by atoms with Gasteiger partial charge in [-0.25, -0.2) is 0 Å². The number of hydrogen-bond donors (Lipinski definition) is 1. The first-order chi connectivity index (χ1) is 6.70. The molecule has 84 valence electrons. The third-order valence-electron chi connectivity index (χ3n) is 2.11. The number of rotatable bonds is 8. The summed E-state index contributed by atoms with van der Waals surface area (Å²) in [7, 11) is 0. The lowest BCUT2D eigenvalue weighted by molar-refractivity contribution is -0.148. The summed E-state index contributed by atoms with van der Waals surface area (Å²) in [6.45, 7) is 4.15. The van der Waals surface area contributed by atoms with Gasteiger partial charge in [-0.3, -0.25) is 4.79 Å². The van der Waals surface area contributed by atoms with Crippen molar-refractivity contribution in [3.63, 3.8) is 0 Å². The molecular weight excluding hydrogens is 196 g/mol. The van der Waals surface area contributed by atoms with E-state index in [0.29, 0.717) is 12.2 Å². The van der Waals surface area contributed by atoms with Crippen molar-refractivity contribution in [3.05, 3.63) is 0 Å². The van der Waals surface area contributed by atoms with E-state index in [1.165, 1.54) is 19.3 Å². The predicted octanol–water partition coefficient (Wildman–Crippen LogP) is 3.21. The smallest absolute Gasteiger partial charge is 0.306 e. The fraction of sp³-hybridized carbons (Fsp3) is 0.909. The average Bonchev–Trinajstić information content (AvgIpc) is 2.13. The van der Waals surface area contributed by atoms with Crippen molar-refractivity contribution in [2.75, 3.05) is 5.75 Å². The number of ether oxygens (including phenoxy) is 1. The molecule has 0 spiro atoms. The van der Waals surface area contributed by atoms with Crippen LogP contribution in [0.3, 0.4) is 0 Å². The fourth-order valence-electron chi connectivity index (χ4n) is 1.29. The molecule has 1 unspecified atom stereocenters. The highest BCUT2D eigenvalue weighted by molar-refractivity contribution is 7.80. The number of unbranched alkanes of at least 4 members (excludes halogenated alkanes) is 3. The molecule has 0 amide bonds. The van der Waals surface area contributed by atoms with Crippen LogP contribution in [0, 0.1) is 0 Å². The van der Waals surface area contributed by atoms with Crippen LogP contribution in [0.15, 0.2) is 0 Å². The van der Waals surface area contributed by atoms with E-state index in [4.69, 9.17) is 4.74 Å². The molecule has 0 fully saturated rings. The van der Waals surface area contributed by atoms with Gasteiger partial charge < -0.3 is 4.74 Å². The summed E-state index contributed by atoms with van der Waals surface area (Å²) in [5.74, 6) is 0.449. The van der Waals surface area contributed by atoms with E-state index >= 15 is 0 Å². The SMILES string of the molecule is CCCCCCC(C)OC(=O)CCS. The molecule has 0 aromatic rings. The van der Waals surface area contributed by atoms with Gasteiger partial charge in [0.15, 0.2) is 0 Å². The summed E-state index contributed by atoms with van der Waals surface area (Å²) in [5.41, 5.74) is 0. The maximum absolute atomic E-state index is 11.1. The summed E-state index contributed by atoms with van der Waals surface area (Å²) in [5, 5.41) is 0. The lowest BCUT2D eigenvalue weighted by Crippen LogP contribution is -2.14. The third-order valence-corrected chi connectivity index (χ3v) is 2.34. The van der Waals surface area contributed by atoms with E-state index in [1.54, 1.807) is 0 Å². The van der Waals surface area contributed by atoms with E-state index < -0.39 is 0 Å². The maximum Gasteiger partial charge on any atom is 0.306 e. The van der Waals surface area contributed by atoms with Crippen LogP contribution < -0.4 is 0 Å². The molecule has 3 heteroatoms. The van der Waals surface area contributed by atoms with Gasteiger partial charge in [0.05, 0.1) is 12.5 Å². The molecule has 0 rings (SSSR count). The number of carbonyl (C=O) groups excluding carboxylic acids is 1. The summed E-state index contributed by atoms with van der Waals surface area (Å²) < 4.78 is 5.18. The molecule has 14 heavy (non-hydrogen) atoms. The Morgan fingerprint density at radius 2 is 2.07 bits per heavy atom. The minimum Gasteiger partial charge on any atom is -0.463 e. The van der Waals surface area contributed by atoms with Gasteiger partial charge in [0.1, 0.15) is 0 Å². The number of esters is 1. The summed E-state index contributed by atoms with van der Waals surface area (Å²) >= 11 is 3.98. The lowest BCUT2D eigenvalue weighted by atomic mass is 10.1. The first kappa shape index (κ1) is 13.8. The molecule has 0 heterocycles. The zero-order valence-electron chi connectivity index (χ0n) is 9.29. The van der Waals surface area contributed by atoms with Gasteiger partial charge in [-0.1, -0.05) is 26.2 Å². The Kier molecular flexibility index (Phi) is 9.26. The minimum atomic E-state index is -0.122. The van der Waals surface area contributed by atoms with Crippen molar-refractivity contribution in [2.45, 2.75) is 58.5 Å². The summed E-state index contributed by atoms with van der Waals surface area (Å²) in [4.78, 5) is 11.1. The second-order valence-electron chi connectivity index (χ2n) is 3.62. The standard InChI is InChI=1S/C11H22O2S/c1-3-4-5-6-7-10(2)13-11(12)8-9-14/h10,14H,3-9H2,1-2H3. The highest BCUT2D eigenvalue weighted by Crippen LogP contribution is 2.08. The van der Waals surface area contributed by atoms with E-state index in [9.17, 15) is 4.79 Å². The monoisotopic (exact) mass is 218 g/mol. The second kappa shape index (κ2) is 9.38. The topological polar surface area (TPSA) is 26.3 Å². The number of hydrogen-bond acceptors (Lipinski definition) is 3. The zero-order chi connectivity index (χ0) is 10.8. The summed E-state index contributed by atoms with van der Waals surface area (Å²) in [6, 6.07) is 0. The number of thiol groups is 1. The van der Waals surface area contributed by atoms with Gasteiger partial charge in [-0.2, -0.15) is 12.6 Å². The Morgan fingerprint density at radius 3 is 2.64 bits per heavy atom. The summed E-state index contributed by atoms with van der Waals surface area (Å²) in [6.07, 6.45) is 6.39. The zero-order valence-corrected chi connectivity index (χ0v) is 10.2. The molecule has 0 N–H and O–H groups in total. The van der Waals surface area contributed by atoms with E-state index in [-0.39, 0.29) is 12.1 Å². The Labute approximate surface area is 92.8 Å². The molecule has 0 aromatic heterocycles. The Bertz CT molecular complexity index is 148. The van der Waals surface area contributed by atoms with Crippen molar-refractivity contribution in [2.24, 2.45) is 0 Å². The van der Waals surface area contributed by atoms with Gasteiger partial charge >= 0.3 is 5.97 Å². The first-order valence-electron chi connectivity index (χ1n) is 5.51. The van der Waals surface area contributed by atoms with E-state index in [1.807, 2.05) is 6.92 Å². The lowest BCUT2D eigenvalue weighted by Gasteiger charge is -2.12. The molecule has 0 aliphatic carbocycles. The van der Waals surface area contributed by atoms with Crippen LogP contribution in [0.5, 0.6) is 0 Å². The molecule has 0 saturated heterocycles. The van der Waals surface area contributed by atoms with Crippen LogP contribution in [0.25, 0.3) is 0 Å². The van der Waals surface area contributed by atoms with Crippen molar-refractivity contribution in [3.8, 4) is 0 Å².